The molecule has 1 aliphatic heterocycles. The van der Waals surface area contributed by atoms with Crippen LogP contribution in [0.1, 0.15) is 32.3 Å². The van der Waals surface area contributed by atoms with E-state index < -0.39 is 0 Å². The quantitative estimate of drug-likeness (QED) is 0.420. The molecule has 0 spiro atoms. The minimum absolute atomic E-state index is 0.0540. The van der Waals surface area contributed by atoms with Crippen LogP contribution in [0.25, 0.3) is 0 Å². The molecule has 1 saturated heterocycles. The molecule has 2 heterocycles. The molecular weight excluding hydrogens is 458 g/mol. The Kier molecular flexibility index (Phi) is 8.47. The molecule has 0 saturated carbocycles. The number of carbonyl (C=O) groups excluding carboxylic acids is 1. The first-order valence-corrected chi connectivity index (χ1v) is 13.1. The van der Waals surface area contributed by atoms with Gasteiger partial charge in [0.2, 0.25) is 5.91 Å². The lowest BCUT2D eigenvalue weighted by atomic mass is 10.0. The summed E-state index contributed by atoms with van der Waals surface area (Å²) >= 11 is 1.39. The summed E-state index contributed by atoms with van der Waals surface area (Å²) in [5.41, 5.74) is 3.20. The van der Waals surface area contributed by atoms with Crippen LogP contribution in [0.5, 0.6) is 5.75 Å². The third-order valence-corrected chi connectivity index (χ3v) is 6.87. The fourth-order valence-electron chi connectivity index (χ4n) is 4.02. The van der Waals surface area contributed by atoms with Gasteiger partial charge >= 0.3 is 0 Å². The third-order valence-electron chi connectivity index (χ3n) is 5.95. The van der Waals surface area contributed by atoms with Gasteiger partial charge in [0, 0.05) is 31.9 Å². The zero-order valence-corrected chi connectivity index (χ0v) is 21.4. The molecule has 4 rings (SSSR count). The van der Waals surface area contributed by atoms with E-state index in [9.17, 15) is 4.79 Å². The van der Waals surface area contributed by atoms with Crippen LogP contribution in [0.15, 0.2) is 65.7 Å². The number of benzene rings is 2. The van der Waals surface area contributed by atoms with Crippen LogP contribution < -0.4 is 19.9 Å². The van der Waals surface area contributed by atoms with Crippen LogP contribution >= 0.6 is 11.8 Å². The van der Waals surface area contributed by atoms with E-state index in [0.29, 0.717) is 12.5 Å². The number of hydrogen-bond donors (Lipinski definition) is 1. The second-order valence-corrected chi connectivity index (χ2v) is 9.71. The standard InChI is InChI=1S/C27H33N5O2S/c1-4-34-24-8-6-5-7-23(24)31-15-17-32(18-16-31)25-13-14-27(30-29-25)35-19-26(33)28-22-11-9-21(10-12-22)20(2)3/h5-14,20H,4,15-19H2,1-3H3,(H,28,33). The third kappa shape index (κ3) is 6.66. The Bertz CT molecular complexity index is 1100. The molecule has 35 heavy (non-hydrogen) atoms. The van der Waals surface area contributed by atoms with Crippen LogP contribution in [-0.4, -0.2) is 54.6 Å². The van der Waals surface area contributed by atoms with Crippen LogP contribution in [-0.2, 0) is 4.79 Å². The van der Waals surface area contributed by atoms with Crippen molar-refractivity contribution in [3.05, 3.63) is 66.2 Å². The number of amides is 1. The predicted molar refractivity (Wildman–Crippen MR) is 144 cm³/mol. The Morgan fingerprint density at radius 1 is 0.971 bits per heavy atom. The van der Waals surface area contributed by atoms with Gasteiger partial charge in [0.25, 0.3) is 0 Å². The number of anilines is 3. The molecular formula is C27H33N5O2S. The van der Waals surface area contributed by atoms with Gasteiger partial charge < -0.3 is 19.9 Å². The zero-order chi connectivity index (χ0) is 24.6. The molecule has 0 unspecified atom stereocenters. The van der Waals surface area contributed by atoms with Crippen molar-refractivity contribution in [1.82, 2.24) is 10.2 Å². The first-order chi connectivity index (χ1) is 17.0. The molecule has 184 valence electrons. The Hall–Kier alpha value is -3.26. The number of aromatic nitrogens is 2. The van der Waals surface area contributed by atoms with Gasteiger partial charge in [-0.3, -0.25) is 4.79 Å². The summed E-state index contributed by atoms with van der Waals surface area (Å²) < 4.78 is 5.79. The molecule has 1 fully saturated rings. The normalized spacial score (nSPS) is 13.7. The average molecular weight is 492 g/mol. The topological polar surface area (TPSA) is 70.6 Å². The highest BCUT2D eigenvalue weighted by molar-refractivity contribution is 7.99. The van der Waals surface area contributed by atoms with Crippen molar-refractivity contribution in [1.29, 1.82) is 0 Å². The SMILES string of the molecule is CCOc1ccccc1N1CCN(c2ccc(SCC(=O)Nc3ccc(C(C)C)cc3)nn2)CC1. The van der Waals surface area contributed by atoms with E-state index in [1.54, 1.807) is 0 Å². The second-order valence-electron chi connectivity index (χ2n) is 8.72. The summed E-state index contributed by atoms with van der Waals surface area (Å²) in [6.45, 7) is 10.5. The lowest BCUT2D eigenvalue weighted by Crippen LogP contribution is -2.47. The van der Waals surface area contributed by atoms with E-state index in [1.165, 1.54) is 17.3 Å². The molecule has 1 amide bonds. The summed E-state index contributed by atoms with van der Waals surface area (Å²) in [5.74, 6) is 2.50. The van der Waals surface area contributed by atoms with Gasteiger partial charge in [-0.05, 0) is 54.8 Å². The number of piperazine rings is 1. The molecule has 0 radical (unpaired) electrons. The predicted octanol–water partition coefficient (Wildman–Crippen LogP) is 5.06. The van der Waals surface area contributed by atoms with Crippen LogP contribution in [0, 0.1) is 0 Å². The zero-order valence-electron chi connectivity index (χ0n) is 20.6. The smallest absolute Gasteiger partial charge is 0.234 e. The fourth-order valence-corrected chi connectivity index (χ4v) is 4.63. The van der Waals surface area contributed by atoms with E-state index in [2.05, 4.69) is 63.4 Å². The number of ether oxygens (including phenoxy) is 1. The molecule has 3 aromatic rings. The van der Waals surface area contributed by atoms with Crippen molar-refractivity contribution in [3.63, 3.8) is 0 Å². The molecule has 1 aromatic heterocycles. The summed E-state index contributed by atoms with van der Waals surface area (Å²) in [6, 6.07) is 20.1. The number of hydrogen-bond acceptors (Lipinski definition) is 7. The first-order valence-electron chi connectivity index (χ1n) is 12.1. The summed E-state index contributed by atoms with van der Waals surface area (Å²) in [4.78, 5) is 16.9. The first kappa shape index (κ1) is 24.9. The summed E-state index contributed by atoms with van der Waals surface area (Å²) in [5, 5.41) is 12.4. The number of thioether (sulfide) groups is 1. The minimum Gasteiger partial charge on any atom is -0.492 e. The number of para-hydroxylation sites is 2. The Morgan fingerprint density at radius 3 is 2.34 bits per heavy atom. The molecule has 0 atom stereocenters. The van der Waals surface area contributed by atoms with Gasteiger partial charge in [0.15, 0.2) is 5.82 Å². The van der Waals surface area contributed by atoms with E-state index in [4.69, 9.17) is 4.74 Å². The van der Waals surface area contributed by atoms with Gasteiger partial charge in [0.05, 0.1) is 18.0 Å². The molecule has 0 bridgehead atoms. The monoisotopic (exact) mass is 491 g/mol. The Labute approximate surface area is 211 Å². The number of carbonyl (C=O) groups is 1. The highest BCUT2D eigenvalue weighted by Gasteiger charge is 2.21. The van der Waals surface area contributed by atoms with E-state index in [0.717, 1.165) is 54.1 Å². The number of nitrogens with zero attached hydrogens (tertiary/aromatic N) is 4. The molecule has 8 heteroatoms. The minimum atomic E-state index is -0.0540. The van der Waals surface area contributed by atoms with Crippen LogP contribution in [0.2, 0.25) is 0 Å². The molecule has 1 N–H and O–H groups in total. The number of nitrogens with one attached hydrogen (secondary N) is 1. The fraction of sp³-hybridized carbons (Fsp3) is 0.370. The van der Waals surface area contributed by atoms with E-state index in [-0.39, 0.29) is 11.7 Å². The molecule has 0 aliphatic carbocycles. The van der Waals surface area contributed by atoms with E-state index in [1.807, 2.05) is 43.3 Å². The maximum atomic E-state index is 12.3. The van der Waals surface area contributed by atoms with Gasteiger partial charge in [-0.1, -0.05) is 49.9 Å². The highest BCUT2D eigenvalue weighted by Crippen LogP contribution is 2.29. The molecule has 2 aromatic carbocycles. The lowest BCUT2D eigenvalue weighted by molar-refractivity contribution is -0.113. The maximum Gasteiger partial charge on any atom is 0.234 e. The van der Waals surface area contributed by atoms with Gasteiger partial charge in [-0.15, -0.1) is 10.2 Å². The summed E-state index contributed by atoms with van der Waals surface area (Å²) in [7, 11) is 0. The van der Waals surface area contributed by atoms with Crippen molar-refractivity contribution in [2.75, 3.05) is 53.7 Å². The largest absolute Gasteiger partial charge is 0.492 e. The van der Waals surface area contributed by atoms with Crippen LogP contribution in [0.3, 0.4) is 0 Å². The maximum absolute atomic E-state index is 12.3. The van der Waals surface area contributed by atoms with Crippen molar-refractivity contribution in [2.24, 2.45) is 0 Å². The van der Waals surface area contributed by atoms with Crippen molar-refractivity contribution in [3.8, 4) is 5.75 Å². The molecule has 7 nitrogen and oxygen atoms in total. The molecule has 1 aliphatic rings. The van der Waals surface area contributed by atoms with Crippen molar-refractivity contribution in [2.45, 2.75) is 31.7 Å². The lowest BCUT2D eigenvalue weighted by Gasteiger charge is -2.37. The Balaban J connectivity index is 1.25. The number of rotatable bonds is 9. The van der Waals surface area contributed by atoms with Crippen LogP contribution in [0.4, 0.5) is 17.2 Å². The average Bonchev–Trinajstić information content (AvgIpc) is 2.89. The van der Waals surface area contributed by atoms with Gasteiger partial charge in [-0.25, -0.2) is 0 Å². The van der Waals surface area contributed by atoms with E-state index >= 15 is 0 Å². The van der Waals surface area contributed by atoms with Crippen molar-refractivity contribution >= 4 is 34.9 Å². The highest BCUT2D eigenvalue weighted by atomic mass is 32.2. The summed E-state index contributed by atoms with van der Waals surface area (Å²) in [6.07, 6.45) is 0. The Morgan fingerprint density at radius 2 is 1.69 bits per heavy atom. The van der Waals surface area contributed by atoms with Crippen molar-refractivity contribution < 1.29 is 9.53 Å². The second kappa shape index (κ2) is 11.9. The van der Waals surface area contributed by atoms with Gasteiger partial charge in [-0.2, -0.15) is 0 Å². The van der Waals surface area contributed by atoms with Gasteiger partial charge in [0.1, 0.15) is 10.8 Å².